The molecule has 0 saturated carbocycles. The summed E-state index contributed by atoms with van der Waals surface area (Å²) in [7, 11) is -2.61. The van der Waals surface area contributed by atoms with Crippen molar-refractivity contribution in [2.75, 3.05) is 188 Å². The Hall–Kier alpha value is -7.04. The Bertz CT molecular complexity index is 4720. The molecule has 13 rings (SSSR count). The summed E-state index contributed by atoms with van der Waals surface area (Å²) >= 11 is 33.3. The number of nitrogens with two attached hydrogens (primary N) is 1. The smallest absolute Gasteiger partial charge is 0.870 e. The molecule has 0 bridgehead atoms. The van der Waals surface area contributed by atoms with Crippen molar-refractivity contribution in [2.24, 2.45) is 0 Å². The number of piperazine rings is 1. The Kier molecular flexibility index (Phi) is 73.6. The van der Waals surface area contributed by atoms with E-state index in [2.05, 4.69) is 30.1 Å². The largest absolute Gasteiger partial charge is 1.00 e. The number of rotatable bonds is 23. The molecule has 6 atom stereocenters. The normalized spacial score (nSPS) is 17.4. The Morgan fingerprint density at radius 2 is 0.899 bits per heavy atom. The van der Waals surface area contributed by atoms with Crippen LogP contribution in [0, 0.1) is 40.5 Å². The number of benzene rings is 6. The Balaban J connectivity index is -0.000000280. The van der Waals surface area contributed by atoms with E-state index >= 15 is 0 Å². The molecule has 6 aromatic rings. The number of phenols is 3. The monoisotopic (exact) mass is 2160 g/mol. The second-order valence-corrected chi connectivity index (χ2v) is 35.9. The van der Waals surface area contributed by atoms with Crippen LogP contribution in [0.1, 0.15) is 94.0 Å². The maximum absolute atomic E-state index is 10.9. The fourth-order valence-electron chi connectivity index (χ4n) is 10.8. The predicted octanol–water partition coefficient (Wildman–Crippen LogP) is 12.5. The predicted molar refractivity (Wildman–Crippen MR) is 527 cm³/mol. The van der Waals surface area contributed by atoms with Crippen LogP contribution < -0.4 is 115 Å². The van der Waals surface area contributed by atoms with Gasteiger partial charge in [0.05, 0.1) is 104 Å². The first-order valence-corrected chi connectivity index (χ1v) is 45.2. The first kappa shape index (κ1) is 144. The summed E-state index contributed by atoms with van der Waals surface area (Å²) in [5.41, 5.74) is 5.90. The van der Waals surface area contributed by atoms with E-state index in [-0.39, 0.29) is 247 Å². The van der Waals surface area contributed by atoms with Crippen molar-refractivity contribution in [1.29, 1.82) is 0 Å². The molecule has 3 fully saturated rings. The van der Waals surface area contributed by atoms with Crippen LogP contribution in [-0.4, -0.2) is 298 Å². The molecule has 0 radical (unpaired) electrons. The minimum Gasteiger partial charge on any atom is -0.870 e. The van der Waals surface area contributed by atoms with Crippen molar-refractivity contribution in [1.82, 2.24) is 10.6 Å². The number of ether oxygens (including phenoxy) is 16. The van der Waals surface area contributed by atoms with Gasteiger partial charge >= 0.3 is 74.1 Å². The first-order chi connectivity index (χ1) is 60.1. The van der Waals surface area contributed by atoms with Crippen LogP contribution in [0.5, 0.6) is 69.0 Å². The number of hydrogen-bond donors (Lipinski definition) is 10. The summed E-state index contributed by atoms with van der Waals surface area (Å²) in [4.78, 5) is 42.2. The van der Waals surface area contributed by atoms with Gasteiger partial charge in [-0.1, -0.05) is 118 Å². The summed E-state index contributed by atoms with van der Waals surface area (Å²) in [6, 6.07) is 21.3. The number of nitro groups is 4. The summed E-state index contributed by atoms with van der Waals surface area (Å²) < 4.78 is 134. The molecule has 792 valence electrons. The minimum atomic E-state index is -4.06. The van der Waals surface area contributed by atoms with Gasteiger partial charge in [0.2, 0.25) is 23.0 Å². The summed E-state index contributed by atoms with van der Waals surface area (Å²) in [5.74, 6) is 1.68. The molecular weight excluding hydrogens is 2030 g/mol. The molecule has 7 aliphatic rings. The van der Waals surface area contributed by atoms with Crippen molar-refractivity contribution >= 4 is 123 Å². The van der Waals surface area contributed by atoms with E-state index in [1.807, 2.05) is 24.3 Å². The molecule has 54 heteroatoms. The zero-order valence-corrected chi connectivity index (χ0v) is 82.0. The quantitative estimate of drug-likeness (QED) is 0.00328. The number of para-hydroxylation sites is 2. The van der Waals surface area contributed by atoms with E-state index in [9.17, 15) is 58.2 Å². The number of nitro benzene ring substituents is 4. The van der Waals surface area contributed by atoms with E-state index in [0.29, 0.717) is 75.2 Å². The molecule has 138 heavy (non-hydrogen) atoms. The zero-order valence-electron chi connectivity index (χ0n) is 72.7. The van der Waals surface area contributed by atoms with E-state index in [0.717, 1.165) is 93.4 Å². The number of aromatic hydroxyl groups is 3. The number of phenolic OH excluding ortho intramolecular Hbond substituents is 3. The minimum absolute atomic E-state index is 0. The average molecular weight is 2170 g/mol. The van der Waals surface area contributed by atoms with Crippen LogP contribution in [0.2, 0.25) is 20.1 Å². The number of nitrogens with one attached hydrogen (secondary N) is 2. The Morgan fingerprint density at radius 1 is 0.543 bits per heavy atom. The zero-order chi connectivity index (χ0) is 95.9. The standard InChI is InChI=1S/C14H20N2O3.C12H14ClNO6.C10H10ClNO5.C10H13NO3.C9H8ClNO5.C7H14O5S.C6H4ClNO4.C4H9Cl2N.C2H8O4S.C2H6O.8CH4.K.H2O/c1-17-9-11-10-18-13-4-2-3-12(14(13)19-11)16-7-5-15-6-8-16;1-12(2)19-6-8(20-12)5-18-10-4-7(13)3-9(11(10)15)14(16)17;1-15-4-7-5-16-9-3-6(11)2-8(12(13)14)10(9)17-7;1-12-5-7-6-13-9-4-2-3-8(11)10(9)14-7;10-5-1-7(11(13)14)9-8(2-5)15-4-6(3-12)16-9;1-7(2)10-4-6(12-7)5-11-13(3,8)9;7-3-1-4(8(11)12)6(10)5(9)2-3;5-1-3-7-4-2-6;1-7(2,4,5)6-3;1-2-3;;;;;;;;;;/h2-4,11,15H,5-10H2,1H3;3-4,8,15H,5-6H2,1-2H3;2-3,7H,4-5H2,1H3;2-4,7H,5-6,11H2,1H3;1-2,6,12H,3-4H2;6H,4-5H2,1-3H3;1-2,9-10H;7H,1-4H2;3H,1-2H3,(H,4,5);3H,2H2,1H3;8*1H4;;1H2/q;;;;;;;;;;;;;;;;;;+1;/p-1/t11-;8-;2*7-;2*6-;;;;;;;;;;;;;;/m101111............../s1. The molecule has 7 aliphatic heterocycles. The van der Waals surface area contributed by atoms with Crippen molar-refractivity contribution in [3.05, 3.63) is 145 Å². The van der Waals surface area contributed by atoms with E-state index in [4.69, 9.17) is 181 Å². The second-order valence-electron chi connectivity index (χ2n) is 28.2. The van der Waals surface area contributed by atoms with Gasteiger partial charge in [-0.25, -0.2) is 9.47 Å². The number of nitrogen functional groups attached to an aromatic ring is 1. The molecule has 0 aliphatic carbocycles. The molecule has 0 aromatic heterocycles. The van der Waals surface area contributed by atoms with E-state index in [1.165, 1.54) is 37.4 Å². The van der Waals surface area contributed by atoms with Crippen LogP contribution >= 0.6 is 69.6 Å². The SMILES string of the molecule is C.C.C.C.C.C.C.C.CC1(C)OC[C@H](COS(C)(=O)=O)O1.CC1(C)OC[C@H](COc2cc(Cl)cc([N+](=O)[O-])c2O)O1.CCO.COC[C@@H]1COc2cc(Cl)cc([N+](=O)[O-])c2O1.COC[C@@H]1COc2cccc(N)c2O1.COC[C@@H]1COc2cccc(N3CCNCC3)c2O1.CS(C)(=O)(O)OO.ClCCNCCCl.O=[N+]([O-])c1cc(Cl)cc(O)c1O.O=[N+]([O-])c1cc(Cl)cc2c1O[C@H](CO)CO2.[K+].[OH-]. The summed E-state index contributed by atoms with van der Waals surface area (Å²) in [6.45, 7) is 18.1. The van der Waals surface area contributed by atoms with Gasteiger partial charge < -0.3 is 133 Å². The number of nitrogens with zero attached hydrogens (tertiary/aromatic N) is 5. The van der Waals surface area contributed by atoms with E-state index < -0.39 is 85.7 Å². The van der Waals surface area contributed by atoms with E-state index in [1.54, 1.807) is 54.9 Å². The van der Waals surface area contributed by atoms with Gasteiger partial charge in [-0.2, -0.15) is 8.42 Å². The molecule has 45 nitrogen and oxygen atoms in total. The third-order valence-corrected chi connectivity index (χ3v) is 18.4. The number of halogens is 6. The fourth-order valence-corrected chi connectivity index (χ4v) is 12.3. The first-order valence-electron chi connectivity index (χ1n) is 38.1. The number of hydrogen-bond acceptors (Lipinski definition) is 40. The Morgan fingerprint density at radius 3 is 1.28 bits per heavy atom. The van der Waals surface area contributed by atoms with Crippen LogP contribution in [0.3, 0.4) is 0 Å². The molecular formula is C84H139Cl6KN8O37S2. The number of methoxy groups -OCH3 is 3. The van der Waals surface area contributed by atoms with Crippen molar-refractivity contribution in [3.8, 4) is 69.0 Å². The van der Waals surface area contributed by atoms with Gasteiger partial charge in [0, 0.05) is 140 Å². The van der Waals surface area contributed by atoms with Gasteiger partial charge in [0.25, 0.3) is 10.1 Å². The summed E-state index contributed by atoms with van der Waals surface area (Å²) in [5, 5.41) is 101. The summed E-state index contributed by atoms with van der Waals surface area (Å²) in [6.07, 6.45) is 1.15. The Labute approximate surface area is 879 Å². The van der Waals surface area contributed by atoms with Crippen molar-refractivity contribution in [3.63, 3.8) is 0 Å². The molecule has 3 saturated heterocycles. The number of anilines is 2. The molecule has 0 unspecified atom stereocenters. The maximum atomic E-state index is 10.9. The average Bonchev–Trinajstić information content (AvgIpc) is 1.09. The number of fused-ring (bicyclic) bond motifs is 4. The second kappa shape index (κ2) is 70.6. The van der Waals surface area contributed by atoms with Gasteiger partial charge in [0.15, 0.2) is 82.0 Å². The molecule has 6 aromatic carbocycles. The topological polar surface area (TPSA) is 615 Å². The number of alkyl halides is 2. The van der Waals surface area contributed by atoms with Gasteiger partial charge in [-0.05, 0) is 58.9 Å². The number of aliphatic hydroxyl groups is 2. The van der Waals surface area contributed by atoms with Gasteiger partial charge in [0.1, 0.15) is 54.9 Å². The van der Waals surface area contributed by atoms with Crippen LogP contribution in [0.25, 0.3) is 0 Å². The van der Waals surface area contributed by atoms with Crippen LogP contribution in [0.4, 0.5) is 34.1 Å². The van der Waals surface area contributed by atoms with Crippen molar-refractivity contribution in [2.45, 2.75) is 142 Å². The van der Waals surface area contributed by atoms with Gasteiger partial charge in [-0.3, -0.25) is 44.6 Å². The van der Waals surface area contributed by atoms with Crippen LogP contribution in [0.15, 0.2) is 84.9 Å². The van der Waals surface area contributed by atoms with Gasteiger partial charge in [-0.15, -0.1) is 27.5 Å². The van der Waals surface area contributed by atoms with Crippen molar-refractivity contribution < 1.29 is 209 Å². The maximum Gasteiger partial charge on any atom is 1.00 e. The molecule has 0 amide bonds. The fraction of sp³-hybridized carbons (Fsp3) is 0.571. The third kappa shape index (κ3) is 52.3. The molecule has 0 spiro atoms. The number of aliphatic hydroxyl groups excluding tert-OH is 2. The third-order valence-electron chi connectivity index (χ3n) is 16.1. The molecule has 12 N–H and O–H groups in total. The van der Waals surface area contributed by atoms with Crippen LogP contribution in [-0.2, 0) is 61.4 Å². The molecule has 7 heterocycles.